The zero-order valence-electron chi connectivity index (χ0n) is 18.8. The fourth-order valence-electron chi connectivity index (χ4n) is 3.70. The van der Waals surface area contributed by atoms with Gasteiger partial charge in [-0.15, -0.1) is 22.7 Å². The second-order valence-corrected chi connectivity index (χ2v) is 10.3. The Bertz CT molecular complexity index is 1400. The molecule has 0 bridgehead atoms. The molecule has 2 amide bonds. The average molecular weight is 489 g/mol. The molecule has 7 nitrogen and oxygen atoms in total. The first-order chi connectivity index (χ1) is 16.5. The monoisotopic (exact) mass is 488 g/mol. The molecular weight excluding hydrogens is 464 g/mol. The number of hydrogen-bond acceptors (Lipinski definition) is 7. The third-order valence-corrected chi connectivity index (χ3v) is 7.48. The molecule has 0 radical (unpaired) electrons. The first-order valence-electron chi connectivity index (χ1n) is 11.0. The van der Waals surface area contributed by atoms with Crippen LogP contribution in [0, 0.1) is 12.8 Å². The van der Waals surface area contributed by atoms with E-state index in [1.54, 1.807) is 23.9 Å². The standard InChI is InChI=1S/C25H24N6OS2/c1-15-4-3-5-18(11-15)30-24(32)31-25-27-13-19(33-25)8-9-26-23-22-20(28-14-29-23)12-21(34-22)17-7-6-16(2)10-17/h3-7,10-14,16H,8-9H2,1-2H3,(H,26,28,29)(H2,27,30,31,32). The van der Waals surface area contributed by atoms with Crippen molar-refractivity contribution in [3.05, 3.63) is 76.4 Å². The number of aryl methyl sites for hydroxylation is 1. The van der Waals surface area contributed by atoms with E-state index in [4.69, 9.17) is 0 Å². The SMILES string of the molecule is Cc1cccc(NC(=O)Nc2ncc(CCNc3ncnc4cc(C5=CC(C)C=C5)sc34)s2)c1. The minimum atomic E-state index is -0.303. The number of nitrogens with one attached hydrogen (secondary N) is 3. The fourth-order valence-corrected chi connectivity index (χ4v) is 5.59. The van der Waals surface area contributed by atoms with Gasteiger partial charge in [-0.05, 0) is 42.2 Å². The van der Waals surface area contributed by atoms with Crippen molar-refractivity contribution in [3.8, 4) is 0 Å². The first-order valence-corrected chi connectivity index (χ1v) is 12.6. The largest absolute Gasteiger partial charge is 0.368 e. The quantitative estimate of drug-likeness (QED) is 0.282. The van der Waals surface area contributed by atoms with E-state index >= 15 is 0 Å². The highest BCUT2D eigenvalue weighted by molar-refractivity contribution is 7.20. The van der Waals surface area contributed by atoms with Crippen molar-refractivity contribution in [2.75, 3.05) is 22.5 Å². The number of benzene rings is 1. The van der Waals surface area contributed by atoms with Crippen LogP contribution in [0.1, 0.15) is 22.2 Å². The minimum Gasteiger partial charge on any atom is -0.368 e. The molecular formula is C25H24N6OS2. The molecule has 1 aliphatic carbocycles. The number of aromatic nitrogens is 3. The first kappa shape index (κ1) is 22.2. The van der Waals surface area contributed by atoms with Gasteiger partial charge in [-0.25, -0.2) is 19.7 Å². The number of rotatable bonds is 7. The maximum atomic E-state index is 12.3. The van der Waals surface area contributed by atoms with Gasteiger partial charge in [0.1, 0.15) is 12.1 Å². The van der Waals surface area contributed by atoms with E-state index in [1.165, 1.54) is 21.8 Å². The van der Waals surface area contributed by atoms with Crippen LogP contribution in [0.2, 0.25) is 0 Å². The molecule has 1 aliphatic rings. The van der Waals surface area contributed by atoms with E-state index in [-0.39, 0.29) is 6.03 Å². The van der Waals surface area contributed by atoms with Gasteiger partial charge in [0.15, 0.2) is 5.13 Å². The number of anilines is 3. The van der Waals surface area contributed by atoms with E-state index in [2.05, 4.69) is 62.1 Å². The lowest BCUT2D eigenvalue weighted by Gasteiger charge is -2.06. The van der Waals surface area contributed by atoms with Crippen molar-refractivity contribution in [3.63, 3.8) is 0 Å². The van der Waals surface area contributed by atoms with Gasteiger partial charge >= 0.3 is 6.03 Å². The molecule has 9 heteroatoms. The van der Waals surface area contributed by atoms with Crippen molar-refractivity contribution < 1.29 is 4.79 Å². The lowest BCUT2D eigenvalue weighted by Crippen LogP contribution is -2.19. The zero-order valence-corrected chi connectivity index (χ0v) is 20.5. The summed E-state index contributed by atoms with van der Waals surface area (Å²) in [5.41, 5.74) is 4.04. The predicted octanol–water partition coefficient (Wildman–Crippen LogP) is 6.34. The van der Waals surface area contributed by atoms with Gasteiger partial charge in [-0.3, -0.25) is 5.32 Å². The molecule has 1 unspecified atom stereocenters. The summed E-state index contributed by atoms with van der Waals surface area (Å²) in [5.74, 6) is 1.31. The van der Waals surface area contributed by atoms with E-state index in [9.17, 15) is 4.79 Å². The van der Waals surface area contributed by atoms with Gasteiger partial charge in [-0.2, -0.15) is 0 Å². The van der Waals surface area contributed by atoms with Gasteiger partial charge in [0.25, 0.3) is 0 Å². The highest BCUT2D eigenvalue weighted by Crippen LogP contribution is 2.36. The molecule has 0 aliphatic heterocycles. The molecule has 3 heterocycles. The van der Waals surface area contributed by atoms with Gasteiger partial charge in [0, 0.05) is 34.6 Å². The number of thiazole rings is 1. The number of carbonyl (C=O) groups excluding carboxylic acids is 1. The van der Waals surface area contributed by atoms with E-state index < -0.39 is 0 Å². The van der Waals surface area contributed by atoms with Crippen LogP contribution in [0.4, 0.5) is 21.4 Å². The zero-order chi connectivity index (χ0) is 23.5. The second kappa shape index (κ2) is 9.74. The van der Waals surface area contributed by atoms with Crippen LogP contribution in [0.5, 0.6) is 0 Å². The van der Waals surface area contributed by atoms with Crippen molar-refractivity contribution in [2.24, 2.45) is 5.92 Å². The van der Waals surface area contributed by atoms with Crippen LogP contribution in [-0.4, -0.2) is 27.5 Å². The highest BCUT2D eigenvalue weighted by atomic mass is 32.1. The van der Waals surface area contributed by atoms with Crippen molar-refractivity contribution in [2.45, 2.75) is 20.3 Å². The molecule has 172 valence electrons. The van der Waals surface area contributed by atoms with Crippen LogP contribution in [0.25, 0.3) is 15.8 Å². The third-order valence-electron chi connectivity index (χ3n) is 5.33. The van der Waals surface area contributed by atoms with Crippen molar-refractivity contribution in [1.29, 1.82) is 0 Å². The Balaban J connectivity index is 1.17. The number of carbonyl (C=O) groups is 1. The third kappa shape index (κ3) is 5.16. The van der Waals surface area contributed by atoms with E-state index in [0.717, 1.165) is 38.6 Å². The number of allylic oxidation sites excluding steroid dienone is 4. The Labute approximate surface area is 205 Å². The van der Waals surface area contributed by atoms with Crippen LogP contribution in [0.3, 0.4) is 0 Å². The molecule has 0 saturated carbocycles. The highest BCUT2D eigenvalue weighted by Gasteiger charge is 2.14. The van der Waals surface area contributed by atoms with Crippen molar-refractivity contribution >= 4 is 61.1 Å². The maximum absolute atomic E-state index is 12.3. The number of fused-ring (bicyclic) bond motifs is 1. The van der Waals surface area contributed by atoms with E-state index in [1.807, 2.05) is 31.2 Å². The second-order valence-electron chi connectivity index (χ2n) is 8.14. The van der Waals surface area contributed by atoms with Crippen LogP contribution < -0.4 is 16.0 Å². The summed E-state index contributed by atoms with van der Waals surface area (Å²) in [6.07, 6.45) is 10.8. The Kier molecular flexibility index (Phi) is 6.37. The lowest BCUT2D eigenvalue weighted by atomic mass is 10.2. The number of nitrogens with zero attached hydrogens (tertiary/aromatic N) is 3. The summed E-state index contributed by atoms with van der Waals surface area (Å²) < 4.78 is 1.06. The van der Waals surface area contributed by atoms with Crippen LogP contribution >= 0.6 is 22.7 Å². The number of amides is 2. The molecule has 34 heavy (non-hydrogen) atoms. The molecule has 0 fully saturated rings. The van der Waals surface area contributed by atoms with Gasteiger partial charge in [0.05, 0.1) is 10.2 Å². The van der Waals surface area contributed by atoms with Gasteiger partial charge < -0.3 is 10.6 Å². The van der Waals surface area contributed by atoms with Crippen molar-refractivity contribution in [1.82, 2.24) is 15.0 Å². The number of urea groups is 1. The van der Waals surface area contributed by atoms with Gasteiger partial charge in [0.2, 0.25) is 0 Å². The predicted molar refractivity (Wildman–Crippen MR) is 142 cm³/mol. The van der Waals surface area contributed by atoms with Gasteiger partial charge in [-0.1, -0.05) is 37.3 Å². The minimum absolute atomic E-state index is 0.303. The molecule has 3 N–H and O–H groups in total. The summed E-state index contributed by atoms with van der Waals surface area (Å²) in [5, 5.41) is 9.64. The van der Waals surface area contributed by atoms with Crippen LogP contribution in [-0.2, 0) is 6.42 Å². The molecule has 1 aromatic carbocycles. The molecule has 0 spiro atoms. The number of thiophene rings is 1. The molecule has 5 rings (SSSR count). The summed E-state index contributed by atoms with van der Waals surface area (Å²) in [6.45, 7) is 4.87. The Morgan fingerprint density at radius 2 is 2.03 bits per heavy atom. The molecule has 3 aromatic heterocycles. The molecule has 4 aromatic rings. The Morgan fingerprint density at radius 1 is 1.12 bits per heavy atom. The van der Waals surface area contributed by atoms with Crippen LogP contribution in [0.15, 0.2) is 61.1 Å². The summed E-state index contributed by atoms with van der Waals surface area (Å²) in [7, 11) is 0. The lowest BCUT2D eigenvalue weighted by molar-refractivity contribution is 0.262. The van der Waals surface area contributed by atoms with E-state index in [0.29, 0.717) is 17.6 Å². The summed E-state index contributed by atoms with van der Waals surface area (Å²) in [4.78, 5) is 27.8. The molecule has 0 saturated heterocycles. The topological polar surface area (TPSA) is 91.8 Å². The Morgan fingerprint density at radius 3 is 2.85 bits per heavy atom. The Hall–Kier alpha value is -3.56. The normalized spacial score (nSPS) is 14.9. The summed E-state index contributed by atoms with van der Waals surface area (Å²) >= 11 is 3.18. The average Bonchev–Trinajstić information content (AvgIpc) is 3.53. The smallest absolute Gasteiger partial charge is 0.325 e. The number of hydrogen-bond donors (Lipinski definition) is 3. The summed E-state index contributed by atoms with van der Waals surface area (Å²) in [6, 6.07) is 9.49. The maximum Gasteiger partial charge on any atom is 0.325 e. The molecule has 1 atom stereocenters. The fraction of sp³-hybridized carbons (Fsp3) is 0.200.